The van der Waals surface area contributed by atoms with E-state index in [1.165, 1.54) is 18.2 Å². The molecule has 1 amide bonds. The molecule has 0 atom stereocenters. The van der Waals surface area contributed by atoms with E-state index in [9.17, 15) is 23.3 Å². The predicted octanol–water partition coefficient (Wildman–Crippen LogP) is 0.379. The second-order valence-electron chi connectivity index (χ2n) is 5.00. The van der Waals surface area contributed by atoms with Crippen LogP contribution < -0.4 is 15.4 Å². The number of nitro benzene ring substituents is 1. The van der Waals surface area contributed by atoms with Gasteiger partial charge < -0.3 is 10.6 Å². The molecule has 0 aliphatic carbocycles. The Kier molecular flexibility index (Phi) is 8.30. The van der Waals surface area contributed by atoms with Gasteiger partial charge in [-0.1, -0.05) is 13.0 Å². The fourth-order valence-electron chi connectivity index (χ4n) is 1.83. The number of amides is 1. The van der Waals surface area contributed by atoms with E-state index in [1.807, 2.05) is 6.92 Å². The molecule has 0 bridgehead atoms. The van der Waals surface area contributed by atoms with Crippen LogP contribution in [-0.4, -0.2) is 45.4 Å². The molecular weight excluding hydrogens is 336 g/mol. The van der Waals surface area contributed by atoms with Gasteiger partial charge in [-0.25, -0.2) is 13.1 Å². The van der Waals surface area contributed by atoms with Crippen molar-refractivity contribution in [1.82, 2.24) is 15.4 Å². The summed E-state index contributed by atoms with van der Waals surface area (Å²) in [5, 5.41) is 16.5. The van der Waals surface area contributed by atoms with Crippen molar-refractivity contribution >= 4 is 21.6 Å². The molecule has 0 spiro atoms. The molecule has 134 valence electrons. The van der Waals surface area contributed by atoms with Crippen molar-refractivity contribution in [2.45, 2.75) is 24.7 Å². The first-order chi connectivity index (χ1) is 11.4. The summed E-state index contributed by atoms with van der Waals surface area (Å²) in [6.07, 6.45) is 0.995. The van der Waals surface area contributed by atoms with E-state index in [0.717, 1.165) is 19.0 Å². The minimum Gasteiger partial charge on any atom is -0.355 e. The smallest absolute Gasteiger partial charge is 0.270 e. The summed E-state index contributed by atoms with van der Waals surface area (Å²) in [6, 6.07) is 4.73. The third-order valence-corrected chi connectivity index (χ3v) is 4.49. The minimum atomic E-state index is -3.89. The number of nitrogens with zero attached hydrogens (tertiary/aromatic N) is 1. The highest BCUT2D eigenvalue weighted by atomic mass is 32.2. The maximum Gasteiger partial charge on any atom is 0.270 e. The molecule has 0 saturated heterocycles. The Morgan fingerprint density at radius 1 is 1.21 bits per heavy atom. The minimum absolute atomic E-state index is 0.0120. The molecule has 0 aromatic heterocycles. The van der Waals surface area contributed by atoms with Gasteiger partial charge in [-0.15, -0.1) is 0 Å². The van der Waals surface area contributed by atoms with Gasteiger partial charge in [0.25, 0.3) is 5.69 Å². The van der Waals surface area contributed by atoms with Crippen LogP contribution in [0.4, 0.5) is 5.69 Å². The zero-order valence-corrected chi connectivity index (χ0v) is 14.3. The average molecular weight is 358 g/mol. The van der Waals surface area contributed by atoms with E-state index >= 15 is 0 Å². The zero-order chi connectivity index (χ0) is 18.0. The highest BCUT2D eigenvalue weighted by Crippen LogP contribution is 2.16. The highest BCUT2D eigenvalue weighted by Gasteiger charge is 2.17. The van der Waals surface area contributed by atoms with Gasteiger partial charge in [-0.2, -0.15) is 0 Å². The first-order valence-corrected chi connectivity index (χ1v) is 9.06. The Bertz CT molecular complexity index is 663. The van der Waals surface area contributed by atoms with Crippen LogP contribution in [-0.2, 0) is 14.8 Å². The summed E-state index contributed by atoms with van der Waals surface area (Å²) in [5.41, 5.74) is -0.310. The van der Waals surface area contributed by atoms with E-state index in [-0.39, 0.29) is 29.5 Å². The summed E-state index contributed by atoms with van der Waals surface area (Å²) >= 11 is 0. The third kappa shape index (κ3) is 7.02. The summed E-state index contributed by atoms with van der Waals surface area (Å²) in [6.45, 7) is 3.95. The van der Waals surface area contributed by atoms with Gasteiger partial charge in [-0.05, 0) is 19.0 Å². The molecule has 0 aliphatic heterocycles. The molecular formula is C14H22N4O5S. The molecule has 24 heavy (non-hydrogen) atoms. The van der Waals surface area contributed by atoms with Crippen molar-refractivity contribution in [2.24, 2.45) is 0 Å². The number of non-ortho nitro benzene ring substituents is 1. The largest absolute Gasteiger partial charge is 0.355 e. The van der Waals surface area contributed by atoms with E-state index in [4.69, 9.17) is 0 Å². The van der Waals surface area contributed by atoms with Crippen molar-refractivity contribution in [3.63, 3.8) is 0 Å². The number of sulfonamides is 1. The van der Waals surface area contributed by atoms with Crippen LogP contribution in [0.15, 0.2) is 29.2 Å². The monoisotopic (exact) mass is 358 g/mol. The van der Waals surface area contributed by atoms with Crippen molar-refractivity contribution in [3.05, 3.63) is 34.4 Å². The van der Waals surface area contributed by atoms with Crippen LogP contribution in [0.2, 0.25) is 0 Å². The number of hydrogen-bond donors (Lipinski definition) is 3. The van der Waals surface area contributed by atoms with E-state index in [1.54, 1.807) is 0 Å². The molecule has 10 heteroatoms. The Morgan fingerprint density at radius 2 is 1.96 bits per heavy atom. The van der Waals surface area contributed by atoms with Crippen LogP contribution in [0.5, 0.6) is 0 Å². The quantitative estimate of drug-likeness (QED) is 0.298. The van der Waals surface area contributed by atoms with Gasteiger partial charge >= 0.3 is 0 Å². The number of carbonyl (C=O) groups is 1. The SMILES string of the molecule is CCCNCCNC(=O)CCNS(=O)(=O)c1cccc([N+](=O)[O-])c1. The van der Waals surface area contributed by atoms with Crippen LogP contribution in [0.3, 0.4) is 0 Å². The molecule has 1 aromatic rings. The summed E-state index contributed by atoms with van der Waals surface area (Å²) in [4.78, 5) is 21.4. The highest BCUT2D eigenvalue weighted by molar-refractivity contribution is 7.89. The van der Waals surface area contributed by atoms with Gasteiger partial charge in [0.05, 0.1) is 9.82 Å². The lowest BCUT2D eigenvalue weighted by atomic mass is 10.3. The van der Waals surface area contributed by atoms with Crippen molar-refractivity contribution < 1.29 is 18.1 Å². The first-order valence-electron chi connectivity index (χ1n) is 7.58. The fraction of sp³-hybridized carbons (Fsp3) is 0.500. The zero-order valence-electron chi connectivity index (χ0n) is 13.4. The van der Waals surface area contributed by atoms with E-state index in [0.29, 0.717) is 13.1 Å². The molecule has 1 rings (SSSR count). The van der Waals surface area contributed by atoms with E-state index < -0.39 is 14.9 Å². The van der Waals surface area contributed by atoms with Crippen LogP contribution >= 0.6 is 0 Å². The number of nitro groups is 1. The lowest BCUT2D eigenvalue weighted by molar-refractivity contribution is -0.385. The lowest BCUT2D eigenvalue weighted by Gasteiger charge is -2.08. The number of nitrogens with one attached hydrogen (secondary N) is 3. The van der Waals surface area contributed by atoms with Gasteiger partial charge in [0.1, 0.15) is 0 Å². The Hall–Kier alpha value is -2.04. The molecule has 0 aliphatic rings. The third-order valence-electron chi connectivity index (χ3n) is 3.03. The fourth-order valence-corrected chi connectivity index (χ4v) is 2.90. The number of rotatable bonds is 11. The first kappa shape index (κ1) is 20.0. The van der Waals surface area contributed by atoms with E-state index in [2.05, 4.69) is 15.4 Å². The Morgan fingerprint density at radius 3 is 2.62 bits per heavy atom. The van der Waals surface area contributed by atoms with Crippen molar-refractivity contribution in [3.8, 4) is 0 Å². The van der Waals surface area contributed by atoms with Gasteiger partial charge in [0, 0.05) is 38.2 Å². The number of carbonyl (C=O) groups excluding carboxylic acids is 1. The molecule has 0 saturated carbocycles. The summed E-state index contributed by atoms with van der Waals surface area (Å²) < 4.78 is 26.3. The van der Waals surface area contributed by atoms with Gasteiger partial charge in [0.15, 0.2) is 0 Å². The number of benzene rings is 1. The maximum absolute atomic E-state index is 12.0. The summed E-state index contributed by atoms with van der Waals surface area (Å²) in [5.74, 6) is -0.268. The van der Waals surface area contributed by atoms with Crippen molar-refractivity contribution in [2.75, 3.05) is 26.2 Å². The predicted molar refractivity (Wildman–Crippen MR) is 89.1 cm³/mol. The molecule has 9 nitrogen and oxygen atoms in total. The molecule has 0 heterocycles. The summed E-state index contributed by atoms with van der Waals surface area (Å²) in [7, 11) is -3.89. The van der Waals surface area contributed by atoms with Gasteiger partial charge in [0.2, 0.25) is 15.9 Å². The Labute approximate surface area is 141 Å². The topological polar surface area (TPSA) is 130 Å². The van der Waals surface area contributed by atoms with Gasteiger partial charge in [-0.3, -0.25) is 14.9 Å². The maximum atomic E-state index is 12.0. The lowest BCUT2D eigenvalue weighted by Crippen LogP contribution is -2.34. The standard InChI is InChI=1S/C14H22N4O5S/c1-2-7-15-9-10-16-14(19)6-8-17-24(22,23)13-5-3-4-12(11-13)18(20)21/h3-5,11,15,17H,2,6-10H2,1H3,(H,16,19). The Balaban J connectivity index is 2.42. The average Bonchev–Trinajstić information content (AvgIpc) is 2.54. The van der Waals surface area contributed by atoms with Crippen LogP contribution in [0.25, 0.3) is 0 Å². The second-order valence-corrected chi connectivity index (χ2v) is 6.77. The second kappa shape index (κ2) is 9.96. The van der Waals surface area contributed by atoms with Crippen molar-refractivity contribution in [1.29, 1.82) is 0 Å². The van der Waals surface area contributed by atoms with Crippen LogP contribution in [0, 0.1) is 10.1 Å². The molecule has 0 fully saturated rings. The molecule has 0 radical (unpaired) electrons. The van der Waals surface area contributed by atoms with Crippen LogP contribution in [0.1, 0.15) is 19.8 Å². The number of hydrogen-bond acceptors (Lipinski definition) is 6. The molecule has 1 aromatic carbocycles. The molecule has 0 unspecified atom stereocenters. The molecule has 3 N–H and O–H groups in total. The normalized spacial score (nSPS) is 11.2.